The molecule has 190 valence electrons. The van der Waals surface area contributed by atoms with Crippen LogP contribution < -0.4 is 10.0 Å². The van der Waals surface area contributed by atoms with Gasteiger partial charge in [-0.05, 0) is 73.4 Å². The highest BCUT2D eigenvalue weighted by Crippen LogP contribution is 2.38. The Kier molecular flexibility index (Phi) is 6.94. The van der Waals surface area contributed by atoms with Gasteiger partial charge in [0.05, 0.1) is 27.2 Å². The van der Waals surface area contributed by atoms with Crippen molar-refractivity contribution >= 4 is 39.0 Å². The van der Waals surface area contributed by atoms with Crippen molar-refractivity contribution in [1.29, 1.82) is 0 Å². The standard InChI is InChI=1S/C26H23ClF4N2O2S/c1-15(25-21(27)7-4-8-22(25)28)11-17-9-10-18-13-23(32)16(2)33(24(18)12-17)36(34,35)20-6-3-5-19(14-20)26(29,30)31/h3-12,14,16,23H,13,32H2,1-2H3. The van der Waals surface area contributed by atoms with Gasteiger partial charge in [0, 0.05) is 11.6 Å². The second-order valence-electron chi connectivity index (χ2n) is 8.75. The van der Waals surface area contributed by atoms with Gasteiger partial charge in [0.1, 0.15) is 5.82 Å². The minimum absolute atomic E-state index is 0.223. The van der Waals surface area contributed by atoms with E-state index < -0.39 is 44.6 Å². The Morgan fingerprint density at radius 2 is 1.81 bits per heavy atom. The van der Waals surface area contributed by atoms with E-state index in [2.05, 4.69) is 0 Å². The zero-order valence-corrected chi connectivity index (χ0v) is 20.9. The summed E-state index contributed by atoms with van der Waals surface area (Å²) in [6.45, 7) is 3.30. The number of halogens is 5. The number of sulfonamides is 1. The molecule has 10 heteroatoms. The van der Waals surface area contributed by atoms with Crippen molar-refractivity contribution in [1.82, 2.24) is 0 Å². The molecule has 0 fully saturated rings. The van der Waals surface area contributed by atoms with Crippen LogP contribution in [0.5, 0.6) is 0 Å². The molecule has 0 aromatic heterocycles. The molecule has 0 spiro atoms. The molecule has 0 saturated heterocycles. The third-order valence-corrected chi connectivity index (χ3v) is 8.46. The van der Waals surface area contributed by atoms with Gasteiger partial charge in [0.2, 0.25) is 0 Å². The van der Waals surface area contributed by atoms with Gasteiger partial charge in [-0.15, -0.1) is 0 Å². The molecule has 0 saturated carbocycles. The number of alkyl halides is 3. The molecule has 1 aliphatic heterocycles. The first-order valence-corrected chi connectivity index (χ1v) is 12.9. The predicted octanol–water partition coefficient (Wildman–Crippen LogP) is 6.53. The van der Waals surface area contributed by atoms with Gasteiger partial charge in [0.25, 0.3) is 10.0 Å². The van der Waals surface area contributed by atoms with Gasteiger partial charge in [-0.3, -0.25) is 4.31 Å². The zero-order valence-electron chi connectivity index (χ0n) is 19.4. The van der Waals surface area contributed by atoms with Crippen LogP contribution in [0, 0.1) is 5.82 Å². The van der Waals surface area contributed by atoms with Gasteiger partial charge in [-0.25, -0.2) is 12.8 Å². The number of rotatable bonds is 4. The highest BCUT2D eigenvalue weighted by Gasteiger charge is 2.39. The second kappa shape index (κ2) is 9.53. The first-order chi connectivity index (χ1) is 16.8. The van der Waals surface area contributed by atoms with Crippen LogP contribution >= 0.6 is 11.6 Å². The van der Waals surface area contributed by atoms with E-state index in [4.69, 9.17) is 17.3 Å². The minimum atomic E-state index is -4.70. The molecule has 0 bridgehead atoms. The summed E-state index contributed by atoms with van der Waals surface area (Å²) in [6.07, 6.45) is -2.65. The Hall–Kier alpha value is -2.88. The molecule has 3 aromatic carbocycles. The summed E-state index contributed by atoms with van der Waals surface area (Å²) in [5.41, 5.74) is 7.42. The molecular weight excluding hydrogens is 516 g/mol. The molecule has 0 radical (unpaired) electrons. The normalized spacial score (nSPS) is 18.8. The quantitative estimate of drug-likeness (QED) is 0.303. The van der Waals surface area contributed by atoms with E-state index in [0.717, 1.165) is 22.5 Å². The Labute approximate surface area is 212 Å². The highest BCUT2D eigenvalue weighted by molar-refractivity contribution is 7.92. The van der Waals surface area contributed by atoms with E-state index in [9.17, 15) is 26.0 Å². The van der Waals surface area contributed by atoms with Crippen LogP contribution in [0.4, 0.5) is 23.2 Å². The summed E-state index contributed by atoms with van der Waals surface area (Å²) in [5.74, 6) is -0.498. The number of allylic oxidation sites excluding steroid dienone is 1. The van der Waals surface area contributed by atoms with E-state index in [-0.39, 0.29) is 10.6 Å². The predicted molar refractivity (Wildman–Crippen MR) is 134 cm³/mol. The molecule has 4 nitrogen and oxygen atoms in total. The Balaban J connectivity index is 1.83. The minimum Gasteiger partial charge on any atom is -0.326 e. The number of nitrogens with two attached hydrogens (primary N) is 1. The maximum Gasteiger partial charge on any atom is 0.416 e. The van der Waals surface area contributed by atoms with Crippen LogP contribution in [-0.4, -0.2) is 20.5 Å². The lowest BCUT2D eigenvalue weighted by atomic mass is 9.93. The SMILES string of the molecule is CC(=Cc1ccc2c(c1)N(S(=O)(=O)c1cccc(C(F)(F)F)c1)C(C)C(N)C2)c1c(F)cccc1Cl. The van der Waals surface area contributed by atoms with Gasteiger partial charge in [-0.1, -0.05) is 41.9 Å². The fraction of sp³-hybridized carbons (Fsp3) is 0.231. The number of nitrogens with zero attached hydrogens (tertiary/aromatic N) is 1. The fourth-order valence-electron chi connectivity index (χ4n) is 4.36. The number of fused-ring (bicyclic) bond motifs is 1. The molecule has 0 amide bonds. The molecule has 1 aliphatic rings. The Morgan fingerprint density at radius 3 is 2.47 bits per heavy atom. The molecule has 4 rings (SSSR count). The van der Waals surface area contributed by atoms with Crippen LogP contribution in [0.2, 0.25) is 5.02 Å². The first-order valence-electron chi connectivity index (χ1n) is 11.0. The molecule has 2 atom stereocenters. The summed E-state index contributed by atoms with van der Waals surface area (Å²) < 4.78 is 82.6. The van der Waals surface area contributed by atoms with Crippen molar-refractivity contribution in [3.63, 3.8) is 0 Å². The topological polar surface area (TPSA) is 63.4 Å². The van der Waals surface area contributed by atoms with Crippen molar-refractivity contribution < 1.29 is 26.0 Å². The van der Waals surface area contributed by atoms with Gasteiger partial charge < -0.3 is 5.73 Å². The summed E-state index contributed by atoms with van der Waals surface area (Å²) in [7, 11) is -4.40. The van der Waals surface area contributed by atoms with E-state index in [0.29, 0.717) is 34.9 Å². The number of benzene rings is 3. The summed E-state index contributed by atoms with van der Waals surface area (Å²) in [5, 5.41) is 0.232. The van der Waals surface area contributed by atoms with Crippen molar-refractivity contribution in [2.24, 2.45) is 5.73 Å². The fourth-order valence-corrected chi connectivity index (χ4v) is 6.45. The molecule has 0 aliphatic carbocycles. The Bertz CT molecular complexity index is 1430. The van der Waals surface area contributed by atoms with Crippen LogP contribution in [-0.2, 0) is 22.6 Å². The Morgan fingerprint density at radius 1 is 1.11 bits per heavy atom. The third-order valence-electron chi connectivity index (χ3n) is 6.25. The van der Waals surface area contributed by atoms with E-state index in [1.165, 1.54) is 12.1 Å². The van der Waals surface area contributed by atoms with Gasteiger partial charge in [-0.2, -0.15) is 13.2 Å². The lowest BCUT2D eigenvalue weighted by Gasteiger charge is -2.39. The summed E-state index contributed by atoms with van der Waals surface area (Å²) >= 11 is 6.17. The largest absolute Gasteiger partial charge is 0.416 e. The van der Waals surface area contributed by atoms with E-state index >= 15 is 0 Å². The molecule has 36 heavy (non-hydrogen) atoms. The van der Waals surface area contributed by atoms with Crippen molar-refractivity contribution in [3.05, 3.63) is 93.8 Å². The third kappa shape index (κ3) is 4.87. The monoisotopic (exact) mass is 538 g/mol. The number of hydrogen-bond donors (Lipinski definition) is 1. The summed E-state index contributed by atoms with van der Waals surface area (Å²) in [6, 6.07) is 11.8. The van der Waals surface area contributed by atoms with E-state index in [1.807, 2.05) is 0 Å². The van der Waals surface area contributed by atoms with Crippen LogP contribution in [0.1, 0.15) is 36.1 Å². The molecular formula is C26H23ClF4N2O2S. The van der Waals surface area contributed by atoms with Gasteiger partial charge >= 0.3 is 6.18 Å². The lowest BCUT2D eigenvalue weighted by Crippen LogP contribution is -2.53. The second-order valence-corrected chi connectivity index (χ2v) is 11.0. The van der Waals surface area contributed by atoms with E-state index in [1.54, 1.807) is 44.2 Å². The average molecular weight is 539 g/mol. The van der Waals surface area contributed by atoms with Crippen molar-refractivity contribution in [3.8, 4) is 0 Å². The first kappa shape index (κ1) is 26.2. The van der Waals surface area contributed by atoms with Crippen molar-refractivity contribution in [2.75, 3.05) is 4.31 Å². The number of anilines is 1. The highest BCUT2D eigenvalue weighted by atomic mass is 35.5. The maximum absolute atomic E-state index is 14.4. The average Bonchev–Trinajstić information content (AvgIpc) is 2.79. The maximum atomic E-state index is 14.4. The molecule has 2 unspecified atom stereocenters. The zero-order chi connectivity index (χ0) is 26.4. The van der Waals surface area contributed by atoms with Crippen LogP contribution in [0.15, 0.2) is 65.6 Å². The van der Waals surface area contributed by atoms with Crippen molar-refractivity contribution in [2.45, 2.75) is 43.4 Å². The smallest absolute Gasteiger partial charge is 0.326 e. The van der Waals surface area contributed by atoms with Crippen LogP contribution in [0.3, 0.4) is 0 Å². The van der Waals surface area contributed by atoms with Gasteiger partial charge in [0.15, 0.2) is 0 Å². The molecule has 3 aromatic rings. The van der Waals surface area contributed by atoms with Crippen LogP contribution in [0.25, 0.3) is 11.6 Å². The molecule has 2 N–H and O–H groups in total. The molecule has 1 heterocycles. The number of hydrogen-bond acceptors (Lipinski definition) is 3. The summed E-state index contributed by atoms with van der Waals surface area (Å²) in [4.78, 5) is -0.487. The lowest BCUT2D eigenvalue weighted by molar-refractivity contribution is -0.137.